The van der Waals surface area contributed by atoms with Gasteiger partial charge in [0.05, 0.1) is 12.6 Å². The van der Waals surface area contributed by atoms with Crippen LogP contribution in [-0.4, -0.2) is 25.2 Å². The molecule has 2 aromatic carbocycles. The van der Waals surface area contributed by atoms with Gasteiger partial charge in [0, 0.05) is 35.9 Å². The van der Waals surface area contributed by atoms with Crippen molar-refractivity contribution >= 4 is 29.0 Å². The normalized spacial score (nSPS) is 10.9. The quantitative estimate of drug-likeness (QED) is 0.340. The predicted molar refractivity (Wildman–Crippen MR) is 130 cm³/mol. The molecule has 3 rings (SSSR count). The van der Waals surface area contributed by atoms with Gasteiger partial charge in [0.1, 0.15) is 11.6 Å². The monoisotopic (exact) mass is 445 g/mol. The first-order valence-corrected chi connectivity index (χ1v) is 10.8. The lowest BCUT2D eigenvalue weighted by Crippen LogP contribution is -2.18. The van der Waals surface area contributed by atoms with E-state index in [1.807, 2.05) is 12.3 Å². The molecule has 0 spiro atoms. The number of hydrogen-bond donors (Lipinski definition) is 2. The lowest BCUT2D eigenvalue weighted by Gasteiger charge is -2.15. The Kier molecular flexibility index (Phi) is 10.0. The fourth-order valence-corrected chi connectivity index (χ4v) is 3.88. The Balaban J connectivity index is 0.00000341. The van der Waals surface area contributed by atoms with Crippen molar-refractivity contribution in [2.75, 3.05) is 25.5 Å². The van der Waals surface area contributed by atoms with E-state index in [1.54, 1.807) is 13.2 Å². The molecule has 0 bridgehead atoms. The Hall–Kier alpha value is -2.37. The van der Waals surface area contributed by atoms with Gasteiger partial charge in [-0.2, -0.15) is 0 Å². The highest BCUT2D eigenvalue weighted by Crippen LogP contribution is 2.28. The number of hydrogen-bond acceptors (Lipinski definition) is 4. The molecule has 0 aliphatic heterocycles. The summed E-state index contributed by atoms with van der Waals surface area (Å²) in [6.07, 6.45) is 5.12. The first-order chi connectivity index (χ1) is 14.7. The first-order valence-electron chi connectivity index (χ1n) is 10.8. The molecule has 2 N–H and O–H groups in total. The number of ether oxygens (including phenoxy) is 1. The number of anilines is 1. The summed E-state index contributed by atoms with van der Waals surface area (Å²) in [7, 11) is 1.60. The fourth-order valence-electron chi connectivity index (χ4n) is 3.88. The maximum Gasteiger partial charge on any atom is 0.123 e. The minimum atomic E-state index is -0.244. The van der Waals surface area contributed by atoms with Gasteiger partial charge in [-0.1, -0.05) is 26.0 Å². The zero-order chi connectivity index (χ0) is 21.3. The van der Waals surface area contributed by atoms with E-state index < -0.39 is 0 Å². The summed E-state index contributed by atoms with van der Waals surface area (Å²) in [6, 6.07) is 13.3. The summed E-state index contributed by atoms with van der Waals surface area (Å²) < 4.78 is 18.7. The second-order valence-corrected chi connectivity index (χ2v) is 7.56. The van der Waals surface area contributed by atoms with Crippen molar-refractivity contribution in [3.05, 3.63) is 65.6 Å². The number of pyridine rings is 1. The Morgan fingerprint density at radius 3 is 2.58 bits per heavy atom. The van der Waals surface area contributed by atoms with Gasteiger partial charge in [0.25, 0.3) is 0 Å². The maximum atomic E-state index is 13.4. The second kappa shape index (κ2) is 12.5. The van der Waals surface area contributed by atoms with E-state index in [4.69, 9.17) is 4.74 Å². The van der Waals surface area contributed by atoms with Crippen LogP contribution in [0.2, 0.25) is 0 Å². The van der Waals surface area contributed by atoms with Gasteiger partial charge >= 0.3 is 0 Å². The smallest absolute Gasteiger partial charge is 0.123 e. The molecule has 0 saturated carbocycles. The summed E-state index contributed by atoms with van der Waals surface area (Å²) in [6.45, 7) is 6.73. The van der Waals surface area contributed by atoms with Crippen molar-refractivity contribution in [1.82, 2.24) is 10.3 Å². The van der Waals surface area contributed by atoms with E-state index in [-0.39, 0.29) is 18.2 Å². The van der Waals surface area contributed by atoms with Crippen LogP contribution in [0.5, 0.6) is 5.75 Å². The van der Waals surface area contributed by atoms with E-state index in [9.17, 15) is 4.39 Å². The molecular weight excluding hydrogens is 413 g/mol. The highest BCUT2D eigenvalue weighted by molar-refractivity contribution is 5.91. The molecule has 1 aromatic heterocycles. The Labute approximate surface area is 191 Å². The van der Waals surface area contributed by atoms with E-state index in [0.29, 0.717) is 18.2 Å². The van der Waals surface area contributed by atoms with Crippen LogP contribution < -0.4 is 15.4 Å². The van der Waals surface area contributed by atoms with Gasteiger partial charge in [-0.25, -0.2) is 4.39 Å². The third-order valence-electron chi connectivity index (χ3n) is 5.63. The Morgan fingerprint density at radius 2 is 1.84 bits per heavy atom. The van der Waals surface area contributed by atoms with E-state index in [0.717, 1.165) is 54.5 Å². The maximum absolute atomic E-state index is 13.4. The molecule has 0 atom stereocenters. The Bertz CT molecular complexity index is 963. The van der Waals surface area contributed by atoms with Gasteiger partial charge in [-0.15, -0.1) is 12.4 Å². The van der Waals surface area contributed by atoms with Crippen molar-refractivity contribution < 1.29 is 9.13 Å². The molecule has 0 aliphatic carbocycles. The van der Waals surface area contributed by atoms with Gasteiger partial charge in [-0.05, 0) is 67.6 Å². The number of methoxy groups -OCH3 is 1. The summed E-state index contributed by atoms with van der Waals surface area (Å²) in [5.41, 5.74) is 4.36. The zero-order valence-electron chi connectivity index (χ0n) is 18.6. The lowest BCUT2D eigenvalue weighted by molar-refractivity contribution is 0.406. The third-order valence-corrected chi connectivity index (χ3v) is 5.63. The topological polar surface area (TPSA) is 46.2 Å². The molecule has 1 heterocycles. The standard InChI is InChI=1S/C25H32FN3O.ClH/c1-4-18(5-2)19-7-9-22-23(11-14-29-24(22)16-19)28-13-6-12-27-17-20-15-21(26)8-10-25(20)30-3;/h7-11,14-16,18,27H,4-6,12-13,17H2,1-3H3,(H,28,29);1H. The van der Waals surface area contributed by atoms with Crippen molar-refractivity contribution in [2.24, 2.45) is 0 Å². The van der Waals surface area contributed by atoms with Crippen LogP contribution in [0.15, 0.2) is 48.7 Å². The van der Waals surface area contributed by atoms with Crippen LogP contribution in [-0.2, 0) is 6.54 Å². The molecule has 168 valence electrons. The number of nitrogens with one attached hydrogen (secondary N) is 2. The van der Waals surface area contributed by atoms with Gasteiger partial charge < -0.3 is 15.4 Å². The number of benzene rings is 2. The zero-order valence-corrected chi connectivity index (χ0v) is 19.4. The van der Waals surface area contributed by atoms with Crippen molar-refractivity contribution in [3.8, 4) is 5.75 Å². The minimum Gasteiger partial charge on any atom is -0.496 e. The van der Waals surface area contributed by atoms with Crippen LogP contribution in [0.25, 0.3) is 10.9 Å². The van der Waals surface area contributed by atoms with Crippen LogP contribution in [0.3, 0.4) is 0 Å². The molecule has 0 fully saturated rings. The highest BCUT2D eigenvalue weighted by Gasteiger charge is 2.09. The molecule has 0 amide bonds. The number of aromatic nitrogens is 1. The van der Waals surface area contributed by atoms with Crippen molar-refractivity contribution in [1.29, 1.82) is 0 Å². The highest BCUT2D eigenvalue weighted by atomic mass is 35.5. The number of fused-ring (bicyclic) bond motifs is 1. The van der Waals surface area contributed by atoms with Gasteiger partial charge in [-0.3, -0.25) is 4.98 Å². The molecule has 0 radical (unpaired) electrons. The summed E-state index contributed by atoms with van der Waals surface area (Å²) in [5, 5.41) is 8.05. The van der Waals surface area contributed by atoms with Crippen LogP contribution >= 0.6 is 12.4 Å². The van der Waals surface area contributed by atoms with E-state index in [1.165, 1.54) is 17.7 Å². The number of nitrogens with zero attached hydrogens (tertiary/aromatic N) is 1. The Morgan fingerprint density at radius 1 is 1.03 bits per heavy atom. The van der Waals surface area contributed by atoms with Crippen LogP contribution in [0.4, 0.5) is 10.1 Å². The van der Waals surface area contributed by atoms with Gasteiger partial charge in [0.15, 0.2) is 0 Å². The minimum absolute atomic E-state index is 0. The molecule has 4 nitrogen and oxygen atoms in total. The van der Waals surface area contributed by atoms with E-state index in [2.05, 4.69) is 47.7 Å². The molecule has 31 heavy (non-hydrogen) atoms. The third kappa shape index (κ3) is 6.55. The predicted octanol–water partition coefficient (Wildman–Crippen LogP) is 6.30. The van der Waals surface area contributed by atoms with Crippen LogP contribution in [0.1, 0.15) is 50.2 Å². The molecule has 0 unspecified atom stereocenters. The average molecular weight is 446 g/mol. The SMILES string of the molecule is CCC(CC)c1ccc2c(NCCCNCc3cc(F)ccc3OC)ccnc2c1.Cl. The second-order valence-electron chi connectivity index (χ2n) is 7.56. The molecular formula is C25H33ClFN3O. The van der Waals surface area contributed by atoms with Gasteiger partial charge in [0.2, 0.25) is 0 Å². The number of rotatable bonds is 11. The summed E-state index contributed by atoms with van der Waals surface area (Å²) in [5.74, 6) is 1.06. The lowest BCUT2D eigenvalue weighted by atomic mass is 9.93. The molecule has 0 aliphatic rings. The molecule has 6 heteroatoms. The summed E-state index contributed by atoms with van der Waals surface area (Å²) >= 11 is 0. The summed E-state index contributed by atoms with van der Waals surface area (Å²) in [4.78, 5) is 4.57. The first kappa shape index (κ1) is 24.9. The van der Waals surface area contributed by atoms with E-state index >= 15 is 0 Å². The van der Waals surface area contributed by atoms with Crippen molar-refractivity contribution in [2.45, 2.75) is 45.6 Å². The average Bonchev–Trinajstić information content (AvgIpc) is 2.77. The number of halogens is 2. The van der Waals surface area contributed by atoms with Crippen LogP contribution in [0, 0.1) is 5.82 Å². The largest absolute Gasteiger partial charge is 0.496 e. The van der Waals surface area contributed by atoms with Crippen molar-refractivity contribution in [3.63, 3.8) is 0 Å². The fraction of sp³-hybridized carbons (Fsp3) is 0.400. The molecule has 0 saturated heterocycles. The molecule has 3 aromatic rings.